The molecule has 1 heterocycles. The third-order valence-electron chi connectivity index (χ3n) is 4.25. The normalized spacial score (nSPS) is 10.8. The molecule has 0 aliphatic heterocycles. The van der Waals surface area contributed by atoms with Crippen LogP contribution in [0.15, 0.2) is 36.4 Å². The summed E-state index contributed by atoms with van der Waals surface area (Å²) in [6, 6.07) is 9.25. The topological polar surface area (TPSA) is 80.1 Å². The van der Waals surface area contributed by atoms with E-state index in [9.17, 15) is 14.0 Å². The van der Waals surface area contributed by atoms with E-state index < -0.39 is 0 Å². The van der Waals surface area contributed by atoms with E-state index in [1.807, 2.05) is 6.92 Å². The van der Waals surface area contributed by atoms with Crippen LogP contribution in [0.3, 0.4) is 0 Å². The van der Waals surface area contributed by atoms with Gasteiger partial charge in [-0.05, 0) is 55.8 Å². The molecule has 8 heteroatoms. The Morgan fingerprint density at radius 3 is 2.70 bits per heavy atom. The van der Waals surface area contributed by atoms with E-state index in [-0.39, 0.29) is 24.2 Å². The van der Waals surface area contributed by atoms with Gasteiger partial charge in [0.15, 0.2) is 0 Å². The zero-order valence-electron chi connectivity index (χ0n) is 15.4. The second kappa shape index (κ2) is 7.53. The molecule has 0 aliphatic rings. The summed E-state index contributed by atoms with van der Waals surface area (Å²) >= 11 is 0. The molecule has 0 fully saturated rings. The molecule has 2 amide bonds. The maximum Gasteiger partial charge on any atom is 0.254 e. The molecule has 27 heavy (non-hydrogen) atoms. The molecule has 3 rings (SSSR count). The fraction of sp³-hybridized carbons (Fsp3) is 0.263. The Balaban J connectivity index is 1.68. The van der Waals surface area contributed by atoms with Crippen LogP contribution in [0.25, 0.3) is 11.0 Å². The standard InChI is InChI=1S/C19H20FN5O2/c1-4-25-17-8-5-13(10-16(17)22-23-25)19(27)24(3)11-18(26)21-15-7-6-14(20)9-12(15)2/h5-10H,4,11H2,1-3H3,(H,21,26). The van der Waals surface area contributed by atoms with E-state index in [4.69, 9.17) is 0 Å². The summed E-state index contributed by atoms with van der Waals surface area (Å²) in [5.41, 5.74) is 3.03. The summed E-state index contributed by atoms with van der Waals surface area (Å²) in [5.74, 6) is -1.03. The van der Waals surface area contributed by atoms with E-state index >= 15 is 0 Å². The van der Waals surface area contributed by atoms with Crippen molar-refractivity contribution >= 4 is 28.5 Å². The number of benzene rings is 2. The molecule has 7 nitrogen and oxygen atoms in total. The number of nitrogens with zero attached hydrogens (tertiary/aromatic N) is 4. The Morgan fingerprint density at radius 1 is 1.22 bits per heavy atom. The number of fused-ring (bicyclic) bond motifs is 1. The molecule has 0 saturated carbocycles. The maximum absolute atomic E-state index is 13.1. The van der Waals surface area contributed by atoms with Crippen molar-refractivity contribution in [2.45, 2.75) is 20.4 Å². The van der Waals surface area contributed by atoms with Crippen LogP contribution >= 0.6 is 0 Å². The van der Waals surface area contributed by atoms with E-state index in [1.54, 1.807) is 36.9 Å². The van der Waals surface area contributed by atoms with Gasteiger partial charge in [-0.2, -0.15) is 0 Å². The van der Waals surface area contributed by atoms with Gasteiger partial charge in [-0.1, -0.05) is 5.21 Å². The quantitative estimate of drug-likeness (QED) is 0.750. The van der Waals surface area contributed by atoms with Crippen molar-refractivity contribution in [3.8, 4) is 0 Å². The van der Waals surface area contributed by atoms with Gasteiger partial charge in [0.05, 0.1) is 12.1 Å². The number of aromatic nitrogens is 3. The van der Waals surface area contributed by atoms with Crippen LogP contribution in [0.5, 0.6) is 0 Å². The first-order chi connectivity index (χ1) is 12.9. The van der Waals surface area contributed by atoms with Gasteiger partial charge in [0.2, 0.25) is 5.91 Å². The van der Waals surface area contributed by atoms with Crippen molar-refractivity contribution in [1.29, 1.82) is 0 Å². The number of hydrogen-bond acceptors (Lipinski definition) is 4. The highest BCUT2D eigenvalue weighted by atomic mass is 19.1. The third kappa shape index (κ3) is 3.94. The highest BCUT2D eigenvalue weighted by Crippen LogP contribution is 2.17. The number of hydrogen-bond donors (Lipinski definition) is 1. The number of aryl methyl sites for hydroxylation is 2. The number of carbonyl (C=O) groups excluding carboxylic acids is 2. The highest BCUT2D eigenvalue weighted by Gasteiger charge is 2.17. The first-order valence-electron chi connectivity index (χ1n) is 8.53. The Kier molecular flexibility index (Phi) is 5.16. The smallest absolute Gasteiger partial charge is 0.254 e. The molecule has 0 spiro atoms. The molecule has 2 aromatic carbocycles. The number of nitrogens with one attached hydrogen (secondary N) is 1. The van der Waals surface area contributed by atoms with Gasteiger partial charge in [-0.25, -0.2) is 9.07 Å². The molecule has 140 valence electrons. The number of likely N-dealkylation sites (N-methyl/N-ethyl adjacent to an activating group) is 1. The van der Waals surface area contributed by atoms with Gasteiger partial charge >= 0.3 is 0 Å². The van der Waals surface area contributed by atoms with Crippen LogP contribution in [0.2, 0.25) is 0 Å². The van der Waals surface area contributed by atoms with Crippen molar-refractivity contribution in [1.82, 2.24) is 19.9 Å². The Morgan fingerprint density at radius 2 is 2.00 bits per heavy atom. The second-order valence-corrected chi connectivity index (χ2v) is 6.28. The minimum atomic E-state index is -0.367. The van der Waals surface area contributed by atoms with Gasteiger partial charge in [-0.15, -0.1) is 5.10 Å². The molecule has 0 radical (unpaired) electrons. The van der Waals surface area contributed by atoms with E-state index in [0.717, 1.165) is 5.52 Å². The lowest BCUT2D eigenvalue weighted by atomic mass is 10.1. The zero-order chi connectivity index (χ0) is 19.6. The molecule has 1 aromatic heterocycles. The molecule has 0 aliphatic carbocycles. The zero-order valence-corrected chi connectivity index (χ0v) is 15.4. The van der Waals surface area contributed by atoms with Crippen molar-refractivity contribution in [2.24, 2.45) is 0 Å². The molecule has 0 atom stereocenters. The van der Waals surface area contributed by atoms with Gasteiger partial charge in [0, 0.05) is 24.8 Å². The number of halogens is 1. The number of anilines is 1. The predicted octanol–water partition coefficient (Wildman–Crippen LogP) is 2.61. The average Bonchev–Trinajstić information content (AvgIpc) is 3.05. The number of rotatable bonds is 5. The fourth-order valence-electron chi connectivity index (χ4n) is 2.80. The molecule has 0 bridgehead atoms. The lowest BCUT2D eigenvalue weighted by Crippen LogP contribution is -2.35. The SMILES string of the molecule is CCn1nnc2cc(C(=O)N(C)CC(=O)Nc3ccc(F)cc3C)ccc21. The first-order valence-corrected chi connectivity index (χ1v) is 8.53. The van der Waals surface area contributed by atoms with Crippen LogP contribution in [-0.2, 0) is 11.3 Å². The second-order valence-electron chi connectivity index (χ2n) is 6.28. The fourth-order valence-corrected chi connectivity index (χ4v) is 2.80. The van der Waals surface area contributed by atoms with E-state index in [2.05, 4.69) is 15.6 Å². The Labute approximate surface area is 155 Å². The van der Waals surface area contributed by atoms with Crippen LogP contribution in [0.1, 0.15) is 22.8 Å². The van der Waals surface area contributed by atoms with E-state index in [1.165, 1.54) is 23.1 Å². The van der Waals surface area contributed by atoms with Crippen LogP contribution < -0.4 is 5.32 Å². The molecule has 3 aromatic rings. The molecule has 0 unspecified atom stereocenters. The molecular formula is C19H20FN5O2. The Bertz CT molecular complexity index is 1010. The molecule has 1 N–H and O–H groups in total. The Hall–Kier alpha value is -3.29. The number of carbonyl (C=O) groups is 2. The van der Waals surface area contributed by atoms with Gasteiger partial charge in [-0.3, -0.25) is 9.59 Å². The summed E-state index contributed by atoms with van der Waals surface area (Å²) in [7, 11) is 1.55. The lowest BCUT2D eigenvalue weighted by Gasteiger charge is -2.17. The van der Waals surface area contributed by atoms with E-state index in [0.29, 0.717) is 28.9 Å². The first kappa shape index (κ1) is 18.5. The van der Waals surface area contributed by atoms with Crippen LogP contribution in [-0.4, -0.2) is 45.3 Å². The predicted molar refractivity (Wildman–Crippen MR) is 99.9 cm³/mol. The summed E-state index contributed by atoms with van der Waals surface area (Å²) in [6.07, 6.45) is 0. The molecular weight excluding hydrogens is 349 g/mol. The largest absolute Gasteiger partial charge is 0.332 e. The summed E-state index contributed by atoms with van der Waals surface area (Å²) in [6.45, 7) is 4.22. The van der Waals surface area contributed by atoms with Gasteiger partial charge < -0.3 is 10.2 Å². The third-order valence-corrected chi connectivity index (χ3v) is 4.25. The average molecular weight is 369 g/mol. The lowest BCUT2D eigenvalue weighted by molar-refractivity contribution is -0.116. The van der Waals surface area contributed by atoms with Gasteiger partial charge in [0.1, 0.15) is 11.3 Å². The van der Waals surface area contributed by atoms with Gasteiger partial charge in [0.25, 0.3) is 5.91 Å². The molecule has 0 saturated heterocycles. The van der Waals surface area contributed by atoms with Crippen molar-refractivity contribution in [3.05, 3.63) is 53.3 Å². The minimum Gasteiger partial charge on any atom is -0.332 e. The van der Waals surface area contributed by atoms with Crippen molar-refractivity contribution < 1.29 is 14.0 Å². The summed E-state index contributed by atoms with van der Waals surface area (Å²) in [4.78, 5) is 26.2. The number of amides is 2. The van der Waals surface area contributed by atoms with Crippen LogP contribution in [0.4, 0.5) is 10.1 Å². The van der Waals surface area contributed by atoms with Crippen molar-refractivity contribution in [2.75, 3.05) is 18.9 Å². The van der Waals surface area contributed by atoms with Crippen molar-refractivity contribution in [3.63, 3.8) is 0 Å². The summed E-state index contributed by atoms with van der Waals surface area (Å²) in [5, 5.41) is 10.8. The highest BCUT2D eigenvalue weighted by molar-refractivity contribution is 6.01. The summed E-state index contributed by atoms with van der Waals surface area (Å²) < 4.78 is 14.9. The van der Waals surface area contributed by atoms with Crippen LogP contribution in [0, 0.1) is 12.7 Å². The monoisotopic (exact) mass is 369 g/mol. The maximum atomic E-state index is 13.1. The minimum absolute atomic E-state index is 0.130.